The number of hydrogen-bond acceptors (Lipinski definition) is 13. The van der Waals surface area contributed by atoms with Crippen molar-refractivity contribution in [2.24, 2.45) is 0 Å². The summed E-state index contributed by atoms with van der Waals surface area (Å²) >= 11 is 9.33. The van der Waals surface area contributed by atoms with Gasteiger partial charge in [0.25, 0.3) is 0 Å². The summed E-state index contributed by atoms with van der Waals surface area (Å²) in [5.41, 5.74) is 0. The van der Waals surface area contributed by atoms with Crippen LogP contribution >= 0.6 is 82.3 Å². The van der Waals surface area contributed by atoms with Crippen molar-refractivity contribution in [3.8, 4) is 0 Å². The van der Waals surface area contributed by atoms with Crippen LogP contribution in [0, 0.1) is 0 Å². The Morgan fingerprint density at radius 2 is 1.10 bits per heavy atom. The lowest BCUT2D eigenvalue weighted by Gasteiger charge is -2.04. The van der Waals surface area contributed by atoms with Crippen LogP contribution in [0.1, 0.15) is 0 Å². The molecule has 0 bridgehead atoms. The van der Waals surface area contributed by atoms with E-state index < -0.39 is 21.6 Å². The molecule has 0 spiro atoms. The third kappa shape index (κ3) is 23.0. The number of carbonyl (C=O) groups is 2. The van der Waals surface area contributed by atoms with Gasteiger partial charge in [-0.25, -0.2) is 0 Å². The van der Waals surface area contributed by atoms with E-state index in [1.165, 1.54) is 82.3 Å². The van der Waals surface area contributed by atoms with Crippen LogP contribution in [0.5, 0.6) is 0 Å². The molecular weight excluding hydrogens is 553 g/mol. The van der Waals surface area contributed by atoms with Crippen molar-refractivity contribution >= 4 is 114 Å². The minimum absolute atomic E-state index is 0.0142. The van der Waals surface area contributed by atoms with Crippen molar-refractivity contribution in [2.75, 3.05) is 66.7 Å². The van der Waals surface area contributed by atoms with Crippen LogP contribution in [0.4, 0.5) is 0 Å². The number of thioether (sulfide) groups is 7. The SMILES string of the molecule is O=C(CSCCS(=O)CSCSC(=O)CSCCS(=O)CSCO)SCSCO. The maximum absolute atomic E-state index is 11.9. The number of rotatable bonds is 20. The lowest BCUT2D eigenvalue weighted by atomic mass is 10.9. The average molecular weight is 579 g/mol. The molecule has 15 heteroatoms. The van der Waals surface area contributed by atoms with E-state index in [0.29, 0.717) is 54.9 Å². The van der Waals surface area contributed by atoms with Crippen LogP contribution in [0.25, 0.3) is 0 Å². The Morgan fingerprint density at radius 1 is 0.655 bits per heavy atom. The molecule has 0 aliphatic carbocycles. The van der Waals surface area contributed by atoms with Gasteiger partial charge in [0.15, 0.2) is 10.2 Å². The minimum Gasteiger partial charge on any atom is -0.386 e. The van der Waals surface area contributed by atoms with Crippen molar-refractivity contribution in [2.45, 2.75) is 0 Å². The van der Waals surface area contributed by atoms with E-state index in [1.807, 2.05) is 0 Å². The summed E-state index contributed by atoms with van der Waals surface area (Å²) in [7, 11) is -1.93. The highest BCUT2D eigenvalue weighted by atomic mass is 32.2. The van der Waals surface area contributed by atoms with Crippen molar-refractivity contribution in [1.29, 1.82) is 0 Å². The zero-order valence-electron chi connectivity index (χ0n) is 15.7. The molecule has 2 unspecified atom stereocenters. The predicted molar refractivity (Wildman–Crippen MR) is 142 cm³/mol. The highest BCUT2D eigenvalue weighted by Gasteiger charge is 2.07. The van der Waals surface area contributed by atoms with Crippen molar-refractivity contribution in [1.82, 2.24) is 0 Å². The Labute approximate surface area is 207 Å². The second-order valence-electron chi connectivity index (χ2n) is 4.77. The second-order valence-corrected chi connectivity index (χ2v) is 16.6. The van der Waals surface area contributed by atoms with Crippen LogP contribution in [0.15, 0.2) is 0 Å². The number of carbonyl (C=O) groups excluding carboxylic acids is 2. The lowest BCUT2D eigenvalue weighted by molar-refractivity contribution is -0.109. The molecular formula is C14H26O6S9. The van der Waals surface area contributed by atoms with E-state index in [1.54, 1.807) is 0 Å². The molecule has 0 heterocycles. The Bertz CT molecular complexity index is 494. The van der Waals surface area contributed by atoms with Gasteiger partial charge in [-0.1, -0.05) is 23.5 Å². The summed E-state index contributed by atoms with van der Waals surface area (Å²) in [5, 5.41) is 19.4. The molecule has 0 aromatic heterocycles. The van der Waals surface area contributed by atoms with Gasteiger partial charge in [-0.3, -0.25) is 18.0 Å². The molecule has 0 aliphatic rings. The van der Waals surface area contributed by atoms with E-state index in [9.17, 15) is 18.0 Å². The molecule has 172 valence electrons. The van der Waals surface area contributed by atoms with Gasteiger partial charge in [-0.15, -0.1) is 35.3 Å². The molecule has 0 aliphatic heterocycles. The van der Waals surface area contributed by atoms with Gasteiger partial charge in [0.2, 0.25) is 0 Å². The summed E-state index contributed by atoms with van der Waals surface area (Å²) in [6.07, 6.45) is 0. The first-order valence-corrected chi connectivity index (χ1v) is 18.8. The summed E-state index contributed by atoms with van der Waals surface area (Å²) in [6, 6.07) is 0. The van der Waals surface area contributed by atoms with Crippen LogP contribution in [0.2, 0.25) is 0 Å². The molecule has 0 saturated heterocycles. The highest BCUT2D eigenvalue weighted by molar-refractivity contribution is 8.27. The van der Waals surface area contributed by atoms with E-state index >= 15 is 0 Å². The molecule has 2 atom stereocenters. The van der Waals surface area contributed by atoms with E-state index in [4.69, 9.17) is 10.2 Å². The maximum atomic E-state index is 11.9. The highest BCUT2D eigenvalue weighted by Crippen LogP contribution is 2.18. The van der Waals surface area contributed by atoms with Crippen molar-refractivity contribution in [3.05, 3.63) is 0 Å². The van der Waals surface area contributed by atoms with Gasteiger partial charge in [-0.2, -0.15) is 23.5 Å². The molecule has 0 amide bonds. The van der Waals surface area contributed by atoms with Gasteiger partial charge in [0.1, 0.15) is 0 Å². The topological polar surface area (TPSA) is 109 Å². The third-order valence-electron chi connectivity index (χ3n) is 2.57. The molecule has 0 aromatic carbocycles. The Balaban J connectivity index is 3.50. The van der Waals surface area contributed by atoms with Gasteiger partial charge in [0.05, 0.1) is 33.6 Å². The summed E-state index contributed by atoms with van der Waals surface area (Å²) in [6.45, 7) is 0. The Kier molecular flexibility index (Phi) is 24.8. The normalized spacial score (nSPS) is 13.3. The molecule has 6 nitrogen and oxygen atoms in total. The molecule has 0 radical (unpaired) electrons. The number of aliphatic hydroxyl groups is 2. The number of hydrogen-bond donors (Lipinski definition) is 2. The summed E-state index contributed by atoms with van der Waals surface area (Å²) < 4.78 is 23.4. The van der Waals surface area contributed by atoms with E-state index in [-0.39, 0.29) is 22.1 Å². The van der Waals surface area contributed by atoms with E-state index in [0.717, 1.165) is 0 Å². The summed E-state index contributed by atoms with van der Waals surface area (Å²) in [5.74, 6) is 3.11. The second kappa shape index (κ2) is 23.2. The standard InChI is InChI=1S/C14H26O6S9/c15-7-23-9-26-13(17)5-22-2-4-29(20)12-25-10-27-14(18)6-21-1-3-28(19)11-24-8-16/h15-16H,1-12H2. The molecule has 2 N–H and O–H groups in total. The Hall–Kier alpha value is 2.01. The summed E-state index contributed by atoms with van der Waals surface area (Å²) in [4.78, 5) is 23.3. The van der Waals surface area contributed by atoms with Gasteiger partial charge in [-0.05, 0) is 0 Å². The first-order valence-electron chi connectivity index (χ1n) is 8.11. The zero-order chi connectivity index (χ0) is 21.7. The van der Waals surface area contributed by atoms with Gasteiger partial charge in [0, 0.05) is 54.8 Å². The maximum Gasteiger partial charge on any atom is 0.199 e. The van der Waals surface area contributed by atoms with Crippen LogP contribution < -0.4 is 0 Å². The van der Waals surface area contributed by atoms with Gasteiger partial charge < -0.3 is 10.2 Å². The molecule has 29 heavy (non-hydrogen) atoms. The van der Waals surface area contributed by atoms with Crippen molar-refractivity contribution < 1.29 is 28.2 Å². The molecule has 0 aromatic rings. The first-order chi connectivity index (χ1) is 14.0. The van der Waals surface area contributed by atoms with E-state index in [2.05, 4.69) is 0 Å². The molecule has 0 fully saturated rings. The van der Waals surface area contributed by atoms with Crippen molar-refractivity contribution in [3.63, 3.8) is 0 Å². The fourth-order valence-corrected chi connectivity index (χ4v) is 11.2. The van der Waals surface area contributed by atoms with Crippen LogP contribution in [0.3, 0.4) is 0 Å². The Morgan fingerprint density at radius 3 is 1.59 bits per heavy atom. The van der Waals surface area contributed by atoms with Crippen LogP contribution in [-0.2, 0) is 31.2 Å². The minimum atomic E-state index is -0.968. The predicted octanol–water partition coefficient (Wildman–Crippen LogP) is 2.40. The quantitative estimate of drug-likeness (QED) is 0.163. The zero-order valence-corrected chi connectivity index (χ0v) is 23.0. The first kappa shape index (κ1) is 31.0. The molecule has 0 saturated carbocycles. The molecule has 0 rings (SSSR count). The van der Waals surface area contributed by atoms with Crippen LogP contribution in [-0.4, -0.2) is 95.6 Å². The smallest absolute Gasteiger partial charge is 0.199 e. The average Bonchev–Trinajstić information content (AvgIpc) is 2.70. The number of aliphatic hydroxyl groups excluding tert-OH is 2. The lowest BCUT2D eigenvalue weighted by Crippen LogP contribution is -2.06. The third-order valence-corrected chi connectivity index (χ3v) is 13.7. The fourth-order valence-electron chi connectivity index (χ4n) is 1.33. The fraction of sp³-hybridized carbons (Fsp3) is 0.857. The largest absolute Gasteiger partial charge is 0.386 e. The monoisotopic (exact) mass is 578 g/mol. The van der Waals surface area contributed by atoms with Gasteiger partial charge >= 0.3 is 0 Å².